The SMILES string of the molecule is Nc1nc(N2CCC(CO)CC2)nc(-n2ccnc2)n1. The lowest BCUT2D eigenvalue weighted by atomic mass is 9.98. The Morgan fingerprint density at radius 2 is 1.95 bits per heavy atom. The molecule has 2 aromatic rings. The summed E-state index contributed by atoms with van der Waals surface area (Å²) >= 11 is 0. The summed E-state index contributed by atoms with van der Waals surface area (Å²) in [5.74, 6) is 1.62. The van der Waals surface area contributed by atoms with E-state index in [1.807, 2.05) is 0 Å². The first-order valence-electron chi connectivity index (χ1n) is 6.62. The van der Waals surface area contributed by atoms with Gasteiger partial charge in [0.25, 0.3) is 0 Å². The monoisotopic (exact) mass is 275 g/mol. The van der Waals surface area contributed by atoms with Gasteiger partial charge in [0, 0.05) is 32.1 Å². The van der Waals surface area contributed by atoms with E-state index in [0.717, 1.165) is 25.9 Å². The zero-order valence-electron chi connectivity index (χ0n) is 11.1. The normalized spacial score (nSPS) is 16.6. The molecule has 0 radical (unpaired) electrons. The molecule has 0 bridgehead atoms. The topological polar surface area (TPSA) is 106 Å². The van der Waals surface area contributed by atoms with Crippen molar-refractivity contribution < 1.29 is 5.11 Å². The number of nitrogen functional groups attached to an aromatic ring is 1. The van der Waals surface area contributed by atoms with Crippen LogP contribution in [0.25, 0.3) is 5.95 Å². The van der Waals surface area contributed by atoms with Crippen molar-refractivity contribution in [2.24, 2.45) is 5.92 Å². The molecule has 0 aromatic carbocycles. The van der Waals surface area contributed by atoms with Gasteiger partial charge in [-0.1, -0.05) is 0 Å². The van der Waals surface area contributed by atoms with Crippen LogP contribution < -0.4 is 10.6 Å². The summed E-state index contributed by atoms with van der Waals surface area (Å²) < 4.78 is 1.70. The molecule has 0 spiro atoms. The molecule has 106 valence electrons. The standard InChI is InChI=1S/C12H17N7O/c13-10-15-11(18-4-1-9(7-20)2-5-18)17-12(16-10)19-6-3-14-8-19/h3,6,8-9,20H,1-2,4-5,7H2,(H2,13,15,16,17). The van der Waals surface area contributed by atoms with E-state index in [1.54, 1.807) is 23.3 Å². The third kappa shape index (κ3) is 2.55. The summed E-state index contributed by atoms with van der Waals surface area (Å²) in [6.07, 6.45) is 6.91. The summed E-state index contributed by atoms with van der Waals surface area (Å²) in [7, 11) is 0. The van der Waals surface area contributed by atoms with Crippen LogP contribution in [0.15, 0.2) is 18.7 Å². The Bertz CT molecular complexity index is 563. The Hall–Kier alpha value is -2.22. The predicted molar refractivity (Wildman–Crippen MR) is 73.4 cm³/mol. The quantitative estimate of drug-likeness (QED) is 0.802. The van der Waals surface area contributed by atoms with Crippen LogP contribution in [0.2, 0.25) is 0 Å². The number of anilines is 2. The van der Waals surface area contributed by atoms with Gasteiger partial charge >= 0.3 is 0 Å². The fraction of sp³-hybridized carbons (Fsp3) is 0.500. The smallest absolute Gasteiger partial charge is 0.241 e. The second kappa shape index (κ2) is 5.41. The lowest BCUT2D eigenvalue weighted by Gasteiger charge is -2.31. The molecular weight excluding hydrogens is 258 g/mol. The molecule has 1 aliphatic rings. The Morgan fingerprint density at radius 3 is 2.60 bits per heavy atom. The second-order valence-corrected chi connectivity index (χ2v) is 4.88. The third-order valence-electron chi connectivity index (χ3n) is 3.52. The molecule has 8 heteroatoms. The van der Waals surface area contributed by atoms with Crippen molar-refractivity contribution in [1.82, 2.24) is 24.5 Å². The molecule has 0 unspecified atom stereocenters. The highest BCUT2D eigenvalue weighted by molar-refractivity contribution is 5.38. The van der Waals surface area contributed by atoms with Crippen molar-refractivity contribution in [2.45, 2.75) is 12.8 Å². The van der Waals surface area contributed by atoms with Crippen LogP contribution in [0.4, 0.5) is 11.9 Å². The number of piperidine rings is 1. The number of nitrogens with zero attached hydrogens (tertiary/aromatic N) is 6. The largest absolute Gasteiger partial charge is 0.396 e. The van der Waals surface area contributed by atoms with Gasteiger partial charge in [-0.25, -0.2) is 4.98 Å². The third-order valence-corrected chi connectivity index (χ3v) is 3.52. The van der Waals surface area contributed by atoms with Gasteiger partial charge in [0.1, 0.15) is 6.33 Å². The van der Waals surface area contributed by atoms with Crippen molar-refractivity contribution in [3.8, 4) is 5.95 Å². The van der Waals surface area contributed by atoms with Crippen molar-refractivity contribution >= 4 is 11.9 Å². The minimum Gasteiger partial charge on any atom is -0.396 e. The molecule has 1 aliphatic heterocycles. The first kappa shape index (κ1) is 12.8. The van der Waals surface area contributed by atoms with Crippen molar-refractivity contribution in [3.63, 3.8) is 0 Å². The van der Waals surface area contributed by atoms with Crippen LogP contribution in [-0.2, 0) is 0 Å². The van der Waals surface area contributed by atoms with Gasteiger partial charge in [0.05, 0.1) is 0 Å². The number of hydrogen-bond acceptors (Lipinski definition) is 7. The molecule has 0 atom stereocenters. The van der Waals surface area contributed by atoms with Gasteiger partial charge in [0.2, 0.25) is 17.8 Å². The number of aromatic nitrogens is 5. The summed E-state index contributed by atoms with van der Waals surface area (Å²) in [4.78, 5) is 18.8. The maximum absolute atomic E-state index is 9.17. The van der Waals surface area contributed by atoms with E-state index < -0.39 is 0 Å². The van der Waals surface area contributed by atoms with Crippen LogP contribution >= 0.6 is 0 Å². The van der Waals surface area contributed by atoms with Gasteiger partial charge < -0.3 is 15.7 Å². The minimum atomic E-state index is 0.197. The molecule has 1 saturated heterocycles. The Morgan fingerprint density at radius 1 is 1.20 bits per heavy atom. The summed E-state index contributed by atoms with van der Waals surface area (Å²) in [5.41, 5.74) is 5.76. The lowest BCUT2D eigenvalue weighted by Crippen LogP contribution is -2.36. The first-order chi connectivity index (χ1) is 9.76. The summed E-state index contributed by atoms with van der Waals surface area (Å²) in [6, 6.07) is 0. The molecule has 3 N–H and O–H groups in total. The second-order valence-electron chi connectivity index (χ2n) is 4.88. The first-order valence-corrected chi connectivity index (χ1v) is 6.62. The summed E-state index contributed by atoms with van der Waals surface area (Å²) in [5, 5.41) is 9.17. The molecule has 2 aromatic heterocycles. The van der Waals surface area contributed by atoms with E-state index in [-0.39, 0.29) is 12.6 Å². The van der Waals surface area contributed by atoms with Gasteiger partial charge in [-0.2, -0.15) is 15.0 Å². The predicted octanol–water partition coefficient (Wildman–Crippen LogP) is -0.152. The zero-order valence-corrected chi connectivity index (χ0v) is 11.1. The molecule has 20 heavy (non-hydrogen) atoms. The number of nitrogens with two attached hydrogens (primary N) is 1. The molecule has 3 rings (SSSR count). The zero-order chi connectivity index (χ0) is 13.9. The van der Waals surface area contributed by atoms with Crippen molar-refractivity contribution in [3.05, 3.63) is 18.7 Å². The number of aliphatic hydroxyl groups is 1. The molecule has 3 heterocycles. The highest BCUT2D eigenvalue weighted by Gasteiger charge is 2.21. The minimum absolute atomic E-state index is 0.197. The van der Waals surface area contributed by atoms with Crippen LogP contribution in [0.1, 0.15) is 12.8 Å². The van der Waals surface area contributed by atoms with E-state index in [1.165, 1.54) is 0 Å². The molecule has 0 amide bonds. The van der Waals surface area contributed by atoms with E-state index in [4.69, 9.17) is 5.73 Å². The summed E-state index contributed by atoms with van der Waals surface area (Å²) in [6.45, 7) is 1.88. The maximum Gasteiger partial charge on any atom is 0.241 e. The average Bonchev–Trinajstić information content (AvgIpc) is 3.01. The molecule has 0 aliphatic carbocycles. The van der Waals surface area contributed by atoms with Crippen LogP contribution in [-0.4, -0.2) is 49.3 Å². The van der Waals surface area contributed by atoms with Crippen LogP contribution in [0.5, 0.6) is 0 Å². The Balaban J connectivity index is 1.83. The highest BCUT2D eigenvalue weighted by atomic mass is 16.3. The van der Waals surface area contributed by atoms with Crippen molar-refractivity contribution in [1.29, 1.82) is 0 Å². The molecular formula is C12H17N7O. The maximum atomic E-state index is 9.17. The van der Waals surface area contributed by atoms with Crippen molar-refractivity contribution in [2.75, 3.05) is 30.3 Å². The van der Waals surface area contributed by atoms with Gasteiger partial charge in [-0.15, -0.1) is 0 Å². The van der Waals surface area contributed by atoms with Crippen LogP contribution in [0.3, 0.4) is 0 Å². The fourth-order valence-corrected chi connectivity index (χ4v) is 2.32. The number of imidazole rings is 1. The number of rotatable bonds is 3. The fourth-order valence-electron chi connectivity index (χ4n) is 2.32. The van der Waals surface area contributed by atoms with Gasteiger partial charge in [0.15, 0.2) is 0 Å². The van der Waals surface area contributed by atoms with E-state index in [2.05, 4.69) is 24.8 Å². The highest BCUT2D eigenvalue weighted by Crippen LogP contribution is 2.21. The molecule has 1 fully saturated rings. The Labute approximate surface area is 116 Å². The lowest BCUT2D eigenvalue weighted by molar-refractivity contribution is 0.202. The number of aliphatic hydroxyl groups excluding tert-OH is 1. The van der Waals surface area contributed by atoms with Gasteiger partial charge in [-0.3, -0.25) is 4.57 Å². The van der Waals surface area contributed by atoms with E-state index in [9.17, 15) is 5.11 Å². The molecule has 0 saturated carbocycles. The van der Waals surface area contributed by atoms with E-state index >= 15 is 0 Å². The van der Waals surface area contributed by atoms with Crippen LogP contribution in [0, 0.1) is 5.92 Å². The molecule has 8 nitrogen and oxygen atoms in total. The van der Waals surface area contributed by atoms with Gasteiger partial charge in [-0.05, 0) is 18.8 Å². The van der Waals surface area contributed by atoms with E-state index in [0.29, 0.717) is 17.8 Å². The number of hydrogen-bond donors (Lipinski definition) is 2. The average molecular weight is 275 g/mol. The Kier molecular flexibility index (Phi) is 3.46.